The van der Waals surface area contributed by atoms with E-state index in [1.54, 1.807) is 40.9 Å². The lowest BCUT2D eigenvalue weighted by molar-refractivity contribution is -0.117. The van der Waals surface area contributed by atoms with Crippen LogP contribution in [0.1, 0.15) is 33.3 Å². The van der Waals surface area contributed by atoms with Crippen LogP contribution in [0.25, 0.3) is 10.9 Å². The van der Waals surface area contributed by atoms with Gasteiger partial charge in [0.2, 0.25) is 0 Å². The third-order valence-electron chi connectivity index (χ3n) is 3.78. The van der Waals surface area contributed by atoms with Crippen molar-refractivity contribution in [1.82, 2.24) is 9.88 Å². The van der Waals surface area contributed by atoms with Crippen LogP contribution < -0.4 is 0 Å². The molecule has 0 fully saturated rings. The Morgan fingerprint density at radius 3 is 2.52 bits per heavy atom. The van der Waals surface area contributed by atoms with E-state index in [9.17, 15) is 9.59 Å². The molecular formula is C18H22N2O3. The van der Waals surface area contributed by atoms with Crippen LogP contribution in [0, 0.1) is 0 Å². The van der Waals surface area contributed by atoms with Crippen LogP contribution in [-0.4, -0.2) is 34.9 Å². The monoisotopic (exact) mass is 314 g/mol. The van der Waals surface area contributed by atoms with Crippen LogP contribution in [-0.2, 0) is 15.1 Å². The Balaban J connectivity index is 2.41. The molecule has 23 heavy (non-hydrogen) atoms. The number of carbonyl (C=O) groups is 2. The number of ether oxygens (including phenoxy) is 1. The Bertz CT molecular complexity index is 736. The quantitative estimate of drug-likeness (QED) is 0.813. The van der Waals surface area contributed by atoms with Gasteiger partial charge in [0.1, 0.15) is 17.4 Å². The smallest absolute Gasteiger partial charge is 0.411 e. The lowest BCUT2D eigenvalue weighted by atomic mass is 9.91. The van der Waals surface area contributed by atoms with Crippen LogP contribution in [0.15, 0.2) is 36.5 Å². The van der Waals surface area contributed by atoms with Crippen molar-refractivity contribution in [3.63, 3.8) is 0 Å². The molecule has 5 nitrogen and oxygen atoms in total. The molecule has 0 N–H and O–H groups in total. The molecule has 5 heteroatoms. The van der Waals surface area contributed by atoms with Gasteiger partial charge in [-0.2, -0.15) is 0 Å². The van der Waals surface area contributed by atoms with E-state index in [2.05, 4.69) is 4.98 Å². The summed E-state index contributed by atoms with van der Waals surface area (Å²) in [6.45, 7) is 7.07. The second-order valence-electron chi connectivity index (χ2n) is 6.72. The number of hydrogen-bond donors (Lipinski definition) is 0. The number of aromatic nitrogens is 1. The van der Waals surface area contributed by atoms with E-state index < -0.39 is 17.2 Å². The molecule has 0 aliphatic rings. The van der Waals surface area contributed by atoms with Crippen LogP contribution in [0.3, 0.4) is 0 Å². The molecule has 2 rings (SSSR count). The van der Waals surface area contributed by atoms with Gasteiger partial charge >= 0.3 is 6.09 Å². The number of aldehydes is 1. The number of amides is 1. The SMILES string of the molecule is CN(C(=O)OC(C)(C)C)C(C)(C=O)c1ccc2ncccc2c1. The lowest BCUT2D eigenvalue weighted by Crippen LogP contribution is -2.48. The highest BCUT2D eigenvalue weighted by molar-refractivity contribution is 5.83. The van der Waals surface area contributed by atoms with E-state index in [1.165, 1.54) is 4.90 Å². The summed E-state index contributed by atoms with van der Waals surface area (Å²) in [5.41, 5.74) is -0.194. The summed E-state index contributed by atoms with van der Waals surface area (Å²) >= 11 is 0. The van der Waals surface area contributed by atoms with Crippen LogP contribution >= 0.6 is 0 Å². The summed E-state index contributed by atoms with van der Waals surface area (Å²) in [6, 6.07) is 9.28. The molecule has 0 saturated heterocycles. The van der Waals surface area contributed by atoms with Crippen LogP contribution in [0.2, 0.25) is 0 Å². The van der Waals surface area contributed by atoms with Crippen molar-refractivity contribution in [3.05, 3.63) is 42.1 Å². The van der Waals surface area contributed by atoms with Gasteiger partial charge < -0.3 is 9.53 Å². The summed E-state index contributed by atoms with van der Waals surface area (Å²) in [5, 5.41) is 0.913. The molecule has 2 aromatic rings. The fourth-order valence-electron chi connectivity index (χ4n) is 2.25. The average Bonchev–Trinajstić information content (AvgIpc) is 2.51. The molecule has 1 heterocycles. The number of pyridine rings is 1. The van der Waals surface area contributed by atoms with Crippen LogP contribution in [0.4, 0.5) is 4.79 Å². The molecule has 1 aromatic heterocycles. The Hall–Kier alpha value is -2.43. The highest BCUT2D eigenvalue weighted by atomic mass is 16.6. The number of benzene rings is 1. The van der Waals surface area contributed by atoms with E-state index in [1.807, 2.05) is 30.3 Å². The predicted octanol–water partition coefficient (Wildman–Crippen LogP) is 3.52. The van der Waals surface area contributed by atoms with Gasteiger partial charge in [-0.25, -0.2) is 4.79 Å². The molecule has 1 unspecified atom stereocenters. The zero-order valence-corrected chi connectivity index (χ0v) is 14.2. The van der Waals surface area contributed by atoms with Gasteiger partial charge in [-0.15, -0.1) is 0 Å². The standard InChI is InChI=1S/C18H22N2O3/c1-17(2,3)23-16(22)20(5)18(4,12-21)14-8-9-15-13(11-14)7-6-10-19-15/h6-12H,1-5H3. The molecule has 0 spiro atoms. The molecule has 0 bridgehead atoms. The second kappa shape index (κ2) is 5.99. The van der Waals surface area contributed by atoms with Gasteiger partial charge in [-0.1, -0.05) is 12.1 Å². The Morgan fingerprint density at radius 1 is 1.22 bits per heavy atom. The summed E-state index contributed by atoms with van der Waals surface area (Å²) in [6.07, 6.45) is 1.93. The third-order valence-corrected chi connectivity index (χ3v) is 3.78. The van der Waals surface area contributed by atoms with E-state index >= 15 is 0 Å². The first-order chi connectivity index (χ1) is 10.7. The first-order valence-electron chi connectivity index (χ1n) is 7.46. The minimum absolute atomic E-state index is 0.543. The first-order valence-corrected chi connectivity index (χ1v) is 7.46. The topological polar surface area (TPSA) is 59.5 Å². The Morgan fingerprint density at radius 2 is 1.91 bits per heavy atom. The fraction of sp³-hybridized carbons (Fsp3) is 0.389. The van der Waals surface area contributed by atoms with Crippen molar-refractivity contribution in [2.24, 2.45) is 0 Å². The van der Waals surface area contributed by atoms with Crippen molar-refractivity contribution in [2.75, 3.05) is 7.05 Å². The average molecular weight is 314 g/mol. The zero-order valence-electron chi connectivity index (χ0n) is 14.2. The molecule has 122 valence electrons. The van der Waals surface area contributed by atoms with Gasteiger partial charge in [-0.05, 0) is 51.5 Å². The maximum Gasteiger partial charge on any atom is 0.411 e. The normalized spacial score (nSPS) is 14.1. The summed E-state index contributed by atoms with van der Waals surface area (Å²) in [5.74, 6) is 0. The summed E-state index contributed by atoms with van der Waals surface area (Å²) < 4.78 is 5.37. The second-order valence-corrected chi connectivity index (χ2v) is 6.72. The van der Waals surface area contributed by atoms with Crippen molar-refractivity contribution < 1.29 is 14.3 Å². The van der Waals surface area contributed by atoms with Crippen molar-refractivity contribution in [2.45, 2.75) is 38.8 Å². The Kier molecular flexibility index (Phi) is 4.41. The van der Waals surface area contributed by atoms with Gasteiger partial charge in [0.25, 0.3) is 0 Å². The fourth-order valence-corrected chi connectivity index (χ4v) is 2.25. The lowest BCUT2D eigenvalue weighted by Gasteiger charge is -2.35. The highest BCUT2D eigenvalue weighted by Gasteiger charge is 2.36. The molecule has 1 amide bonds. The molecule has 1 aromatic carbocycles. The molecule has 0 radical (unpaired) electrons. The minimum atomic E-state index is -1.12. The predicted molar refractivity (Wildman–Crippen MR) is 89.2 cm³/mol. The van der Waals surface area contributed by atoms with Gasteiger partial charge in [0, 0.05) is 18.6 Å². The molecular weight excluding hydrogens is 292 g/mol. The summed E-state index contributed by atoms with van der Waals surface area (Å²) in [4.78, 5) is 29.7. The number of fused-ring (bicyclic) bond motifs is 1. The van der Waals surface area contributed by atoms with Gasteiger partial charge in [0.05, 0.1) is 5.52 Å². The van der Waals surface area contributed by atoms with E-state index in [0.29, 0.717) is 5.56 Å². The van der Waals surface area contributed by atoms with Gasteiger partial charge in [0.15, 0.2) is 0 Å². The number of likely N-dealkylation sites (N-methyl/N-ethyl adjacent to an activating group) is 1. The molecule has 0 aliphatic carbocycles. The minimum Gasteiger partial charge on any atom is -0.444 e. The number of rotatable bonds is 3. The molecule has 1 atom stereocenters. The number of carbonyl (C=O) groups excluding carboxylic acids is 2. The van der Waals surface area contributed by atoms with E-state index in [-0.39, 0.29) is 0 Å². The van der Waals surface area contributed by atoms with Crippen molar-refractivity contribution in [3.8, 4) is 0 Å². The van der Waals surface area contributed by atoms with E-state index in [4.69, 9.17) is 4.74 Å². The maximum atomic E-state index is 12.3. The summed E-state index contributed by atoms with van der Waals surface area (Å²) in [7, 11) is 1.57. The Labute approximate surface area is 136 Å². The molecule has 0 aliphatic heterocycles. The van der Waals surface area contributed by atoms with Crippen LogP contribution in [0.5, 0.6) is 0 Å². The zero-order chi connectivity index (χ0) is 17.3. The molecule has 0 saturated carbocycles. The van der Waals surface area contributed by atoms with E-state index in [0.717, 1.165) is 17.2 Å². The number of hydrogen-bond acceptors (Lipinski definition) is 4. The largest absolute Gasteiger partial charge is 0.444 e. The first kappa shape index (κ1) is 16.9. The highest BCUT2D eigenvalue weighted by Crippen LogP contribution is 2.29. The third kappa shape index (κ3) is 3.50. The van der Waals surface area contributed by atoms with Crippen molar-refractivity contribution in [1.29, 1.82) is 0 Å². The number of nitrogens with zero attached hydrogens (tertiary/aromatic N) is 2. The maximum absolute atomic E-state index is 12.3. The van der Waals surface area contributed by atoms with Crippen molar-refractivity contribution >= 4 is 23.3 Å². The van der Waals surface area contributed by atoms with Gasteiger partial charge in [-0.3, -0.25) is 9.88 Å².